The van der Waals surface area contributed by atoms with E-state index in [0.717, 1.165) is 17.7 Å². The van der Waals surface area contributed by atoms with E-state index in [1.54, 1.807) is 0 Å². The second-order valence-electron chi connectivity index (χ2n) is 2.13. The summed E-state index contributed by atoms with van der Waals surface area (Å²) in [6, 6.07) is 1.51. The van der Waals surface area contributed by atoms with Gasteiger partial charge in [-0.25, -0.2) is 0 Å². The molecule has 1 rings (SSSR count). The SMILES string of the molecule is C=C(CC)c1cc(=O)[nH][nH]1. The smallest absolute Gasteiger partial charge is 0.264 e. The van der Waals surface area contributed by atoms with E-state index in [-0.39, 0.29) is 5.56 Å². The van der Waals surface area contributed by atoms with Crippen molar-refractivity contribution in [3.8, 4) is 0 Å². The molecule has 0 atom stereocenters. The van der Waals surface area contributed by atoms with Crippen molar-refractivity contribution in [1.29, 1.82) is 0 Å². The summed E-state index contributed by atoms with van der Waals surface area (Å²) >= 11 is 0. The molecule has 0 spiro atoms. The van der Waals surface area contributed by atoms with Crippen LogP contribution < -0.4 is 5.56 Å². The minimum Gasteiger partial charge on any atom is -0.298 e. The Morgan fingerprint density at radius 2 is 2.40 bits per heavy atom. The Balaban J connectivity index is 2.95. The first kappa shape index (κ1) is 6.86. The lowest BCUT2D eigenvalue weighted by molar-refractivity contribution is 1.03. The highest BCUT2D eigenvalue weighted by atomic mass is 16.1. The topological polar surface area (TPSA) is 48.6 Å². The van der Waals surface area contributed by atoms with Gasteiger partial charge in [-0.15, -0.1) is 0 Å². The molecule has 0 saturated carbocycles. The van der Waals surface area contributed by atoms with Gasteiger partial charge >= 0.3 is 0 Å². The molecular formula is C7H10N2O. The van der Waals surface area contributed by atoms with Gasteiger partial charge in [-0.1, -0.05) is 13.5 Å². The third kappa shape index (κ3) is 1.18. The fourth-order valence-electron chi connectivity index (χ4n) is 0.713. The maximum absolute atomic E-state index is 10.6. The molecule has 0 bridgehead atoms. The molecular weight excluding hydrogens is 128 g/mol. The summed E-state index contributed by atoms with van der Waals surface area (Å²) in [5.74, 6) is 0. The first-order valence-electron chi connectivity index (χ1n) is 3.20. The molecule has 54 valence electrons. The van der Waals surface area contributed by atoms with Gasteiger partial charge in [-0.05, 0) is 12.0 Å². The number of H-pyrrole nitrogens is 2. The Bertz CT molecular complexity index is 282. The lowest BCUT2D eigenvalue weighted by atomic mass is 10.2. The number of aromatic nitrogens is 2. The minimum atomic E-state index is -0.107. The summed E-state index contributed by atoms with van der Waals surface area (Å²) in [5.41, 5.74) is 1.63. The lowest BCUT2D eigenvalue weighted by Gasteiger charge is -1.93. The number of rotatable bonds is 2. The van der Waals surface area contributed by atoms with Gasteiger partial charge in [0.05, 0.1) is 5.69 Å². The fourth-order valence-corrected chi connectivity index (χ4v) is 0.713. The number of aromatic amines is 2. The molecule has 0 aliphatic heterocycles. The van der Waals surface area contributed by atoms with E-state index in [0.29, 0.717) is 0 Å². The van der Waals surface area contributed by atoms with Crippen LogP contribution in [0.5, 0.6) is 0 Å². The summed E-state index contributed by atoms with van der Waals surface area (Å²) < 4.78 is 0. The molecule has 0 unspecified atom stereocenters. The second kappa shape index (κ2) is 2.56. The summed E-state index contributed by atoms with van der Waals surface area (Å²) in [5, 5.41) is 5.16. The Morgan fingerprint density at radius 1 is 1.70 bits per heavy atom. The van der Waals surface area contributed by atoms with Crippen LogP contribution in [0.3, 0.4) is 0 Å². The van der Waals surface area contributed by atoms with Crippen LogP contribution in [0.1, 0.15) is 19.0 Å². The van der Waals surface area contributed by atoms with Crippen LogP contribution in [-0.2, 0) is 0 Å². The normalized spacial score (nSPS) is 9.70. The average molecular weight is 138 g/mol. The van der Waals surface area contributed by atoms with E-state index in [1.807, 2.05) is 6.92 Å². The Kier molecular flexibility index (Phi) is 1.76. The van der Waals surface area contributed by atoms with Crippen molar-refractivity contribution in [3.05, 3.63) is 28.7 Å². The molecule has 0 amide bonds. The minimum absolute atomic E-state index is 0.107. The van der Waals surface area contributed by atoms with E-state index < -0.39 is 0 Å². The van der Waals surface area contributed by atoms with Gasteiger partial charge < -0.3 is 0 Å². The molecule has 1 aromatic heterocycles. The van der Waals surface area contributed by atoms with Gasteiger partial charge in [0, 0.05) is 6.07 Å². The molecule has 1 aromatic rings. The van der Waals surface area contributed by atoms with Crippen molar-refractivity contribution < 1.29 is 0 Å². The van der Waals surface area contributed by atoms with Gasteiger partial charge in [0.1, 0.15) is 0 Å². The summed E-state index contributed by atoms with van der Waals surface area (Å²) in [6.07, 6.45) is 0.855. The number of hydrogen-bond donors (Lipinski definition) is 2. The van der Waals surface area contributed by atoms with Crippen LogP contribution in [0.4, 0.5) is 0 Å². The van der Waals surface area contributed by atoms with E-state index in [2.05, 4.69) is 16.8 Å². The van der Waals surface area contributed by atoms with Gasteiger partial charge in [0.15, 0.2) is 0 Å². The van der Waals surface area contributed by atoms with Gasteiger partial charge in [0.2, 0.25) is 0 Å². The van der Waals surface area contributed by atoms with E-state index >= 15 is 0 Å². The molecule has 0 saturated heterocycles. The van der Waals surface area contributed by atoms with Crippen molar-refractivity contribution in [2.75, 3.05) is 0 Å². The predicted octanol–water partition coefficient (Wildman–Crippen LogP) is 1.13. The standard InChI is InChI=1S/C7H10N2O/c1-3-5(2)6-4-7(10)9-8-6/h4H,2-3H2,1H3,(H2,8,9,10). The molecule has 3 nitrogen and oxygen atoms in total. The Labute approximate surface area is 58.8 Å². The van der Waals surface area contributed by atoms with E-state index in [1.165, 1.54) is 6.07 Å². The van der Waals surface area contributed by atoms with E-state index in [9.17, 15) is 4.79 Å². The highest BCUT2D eigenvalue weighted by Crippen LogP contribution is 2.08. The van der Waals surface area contributed by atoms with Crippen LogP contribution in [0.15, 0.2) is 17.4 Å². The molecule has 2 N–H and O–H groups in total. The van der Waals surface area contributed by atoms with Crippen LogP contribution in [-0.4, -0.2) is 10.2 Å². The Morgan fingerprint density at radius 3 is 2.80 bits per heavy atom. The van der Waals surface area contributed by atoms with Crippen molar-refractivity contribution in [3.63, 3.8) is 0 Å². The first-order valence-corrected chi connectivity index (χ1v) is 3.20. The maximum Gasteiger partial charge on any atom is 0.264 e. The second-order valence-corrected chi connectivity index (χ2v) is 2.13. The highest BCUT2D eigenvalue weighted by Gasteiger charge is 1.96. The molecule has 0 radical (unpaired) electrons. The molecule has 0 fully saturated rings. The molecule has 10 heavy (non-hydrogen) atoms. The molecule has 0 aliphatic rings. The van der Waals surface area contributed by atoms with Crippen LogP contribution in [0, 0.1) is 0 Å². The third-order valence-electron chi connectivity index (χ3n) is 1.40. The quantitative estimate of drug-likeness (QED) is 0.632. The number of nitrogens with one attached hydrogen (secondary N) is 2. The largest absolute Gasteiger partial charge is 0.298 e. The van der Waals surface area contributed by atoms with Crippen LogP contribution in [0.25, 0.3) is 5.57 Å². The zero-order chi connectivity index (χ0) is 7.56. The first-order chi connectivity index (χ1) is 4.74. The lowest BCUT2D eigenvalue weighted by Crippen LogP contribution is -1.93. The highest BCUT2D eigenvalue weighted by molar-refractivity contribution is 5.58. The maximum atomic E-state index is 10.6. The predicted molar refractivity (Wildman–Crippen MR) is 40.7 cm³/mol. The Hall–Kier alpha value is -1.25. The van der Waals surface area contributed by atoms with Gasteiger partial charge in [-0.2, -0.15) is 0 Å². The summed E-state index contributed by atoms with van der Waals surface area (Å²) in [4.78, 5) is 10.6. The van der Waals surface area contributed by atoms with E-state index in [4.69, 9.17) is 0 Å². The van der Waals surface area contributed by atoms with Crippen molar-refractivity contribution in [2.24, 2.45) is 0 Å². The van der Waals surface area contributed by atoms with Gasteiger partial charge in [0.25, 0.3) is 5.56 Å². The molecule has 0 aliphatic carbocycles. The summed E-state index contributed by atoms with van der Waals surface area (Å²) in [6.45, 7) is 5.76. The van der Waals surface area contributed by atoms with Crippen molar-refractivity contribution in [2.45, 2.75) is 13.3 Å². The average Bonchev–Trinajstić information content (AvgIpc) is 2.34. The zero-order valence-electron chi connectivity index (χ0n) is 5.90. The molecule has 3 heteroatoms. The van der Waals surface area contributed by atoms with Crippen molar-refractivity contribution in [1.82, 2.24) is 10.2 Å². The number of allylic oxidation sites excluding steroid dienone is 1. The summed E-state index contributed by atoms with van der Waals surface area (Å²) in [7, 11) is 0. The van der Waals surface area contributed by atoms with Gasteiger partial charge in [-0.3, -0.25) is 15.0 Å². The van der Waals surface area contributed by atoms with Crippen molar-refractivity contribution >= 4 is 5.57 Å². The molecule has 0 aromatic carbocycles. The monoisotopic (exact) mass is 138 g/mol. The van der Waals surface area contributed by atoms with Crippen LogP contribution >= 0.6 is 0 Å². The van der Waals surface area contributed by atoms with Crippen LogP contribution in [0.2, 0.25) is 0 Å². The fraction of sp³-hybridized carbons (Fsp3) is 0.286. The molecule has 1 heterocycles. The zero-order valence-corrected chi connectivity index (χ0v) is 5.90. The number of hydrogen-bond acceptors (Lipinski definition) is 1. The third-order valence-corrected chi connectivity index (χ3v) is 1.40.